The smallest absolute Gasteiger partial charge is 0.246 e. The Hall–Kier alpha value is -1.41. The zero-order valence-corrected chi connectivity index (χ0v) is 11.9. The van der Waals surface area contributed by atoms with E-state index in [4.69, 9.17) is 4.52 Å². The third kappa shape index (κ3) is 3.13. The Balaban J connectivity index is 2.10. The number of carbonyl (C=O) groups excluding carboxylic acids is 1. The van der Waals surface area contributed by atoms with Gasteiger partial charge in [0.05, 0.1) is 6.04 Å². The van der Waals surface area contributed by atoms with Gasteiger partial charge in [0, 0.05) is 6.04 Å². The van der Waals surface area contributed by atoms with Crippen molar-refractivity contribution < 1.29 is 17.7 Å². The molecule has 1 aliphatic rings. The maximum atomic E-state index is 12.2. The van der Waals surface area contributed by atoms with Crippen LogP contribution >= 0.6 is 0 Å². The molecule has 0 spiro atoms. The Morgan fingerprint density at radius 3 is 2.53 bits per heavy atom. The summed E-state index contributed by atoms with van der Waals surface area (Å²) >= 11 is 0. The number of hydrogen-bond donors (Lipinski definition) is 2. The Kier molecular flexibility index (Phi) is 3.64. The molecule has 0 unspecified atom stereocenters. The summed E-state index contributed by atoms with van der Waals surface area (Å²) in [6, 6.07) is -0.641. The quantitative estimate of drug-likeness (QED) is 0.807. The van der Waals surface area contributed by atoms with Crippen molar-refractivity contribution in [3.8, 4) is 0 Å². The number of amides is 1. The van der Waals surface area contributed by atoms with Crippen molar-refractivity contribution in [1.82, 2.24) is 15.2 Å². The predicted molar refractivity (Wildman–Crippen MR) is 66.9 cm³/mol. The number of nitrogens with one attached hydrogen (secondary N) is 2. The van der Waals surface area contributed by atoms with E-state index < -0.39 is 16.1 Å². The first-order valence-electron chi connectivity index (χ1n) is 6.07. The van der Waals surface area contributed by atoms with Crippen LogP contribution in [0.4, 0.5) is 0 Å². The summed E-state index contributed by atoms with van der Waals surface area (Å²) in [5, 5.41) is 6.34. The molecule has 0 aliphatic heterocycles. The van der Waals surface area contributed by atoms with Crippen molar-refractivity contribution in [3.05, 3.63) is 11.5 Å². The van der Waals surface area contributed by atoms with E-state index >= 15 is 0 Å². The average Bonchev–Trinajstić information content (AvgIpc) is 3.03. The van der Waals surface area contributed by atoms with Gasteiger partial charge in [-0.2, -0.15) is 4.72 Å². The fourth-order valence-corrected chi connectivity index (χ4v) is 3.29. The molecule has 1 heterocycles. The van der Waals surface area contributed by atoms with E-state index in [0.717, 1.165) is 12.8 Å². The van der Waals surface area contributed by atoms with Crippen LogP contribution in [0.1, 0.15) is 31.2 Å². The van der Waals surface area contributed by atoms with Gasteiger partial charge in [-0.25, -0.2) is 8.42 Å². The van der Waals surface area contributed by atoms with Gasteiger partial charge in [-0.3, -0.25) is 4.79 Å². The molecule has 1 aromatic heterocycles. The fourth-order valence-electron chi connectivity index (χ4n) is 1.76. The van der Waals surface area contributed by atoms with Gasteiger partial charge in [-0.1, -0.05) is 5.16 Å². The first kappa shape index (κ1) is 14.0. The summed E-state index contributed by atoms with van der Waals surface area (Å²) in [4.78, 5) is 11.7. The van der Waals surface area contributed by atoms with Gasteiger partial charge in [0.2, 0.25) is 15.9 Å². The van der Waals surface area contributed by atoms with Gasteiger partial charge >= 0.3 is 0 Å². The first-order valence-corrected chi connectivity index (χ1v) is 7.55. The molecule has 0 saturated heterocycles. The number of rotatable bonds is 5. The molecule has 2 N–H and O–H groups in total. The summed E-state index contributed by atoms with van der Waals surface area (Å²) in [5.74, 6) is -0.113. The Labute approximate surface area is 111 Å². The summed E-state index contributed by atoms with van der Waals surface area (Å²) in [5.41, 5.74) is 0.278. The summed E-state index contributed by atoms with van der Waals surface area (Å²) in [6.45, 7) is 4.57. The number of carbonyl (C=O) groups is 1. The van der Waals surface area contributed by atoms with E-state index in [1.807, 2.05) is 0 Å². The SMILES string of the molecule is Cc1noc(C)c1S(=O)(=O)N[C@@H](C)C(=O)NC1CC1. The average molecular weight is 287 g/mol. The summed E-state index contributed by atoms with van der Waals surface area (Å²) in [6.07, 6.45) is 1.91. The molecular weight excluding hydrogens is 270 g/mol. The minimum Gasteiger partial charge on any atom is -0.360 e. The lowest BCUT2D eigenvalue weighted by Gasteiger charge is -2.13. The highest BCUT2D eigenvalue weighted by molar-refractivity contribution is 7.89. The molecule has 1 aromatic rings. The molecule has 1 aliphatic carbocycles. The van der Waals surface area contributed by atoms with Crippen molar-refractivity contribution in [2.24, 2.45) is 0 Å². The van der Waals surface area contributed by atoms with Crippen LogP contribution in [0.2, 0.25) is 0 Å². The van der Waals surface area contributed by atoms with Crippen LogP contribution in [-0.2, 0) is 14.8 Å². The van der Waals surface area contributed by atoms with Crippen molar-refractivity contribution in [2.75, 3.05) is 0 Å². The lowest BCUT2D eigenvalue weighted by atomic mass is 10.3. The Bertz CT molecular complexity index is 570. The zero-order chi connectivity index (χ0) is 14.2. The van der Waals surface area contributed by atoms with Gasteiger partial charge in [0.1, 0.15) is 10.6 Å². The monoisotopic (exact) mass is 287 g/mol. The third-order valence-corrected chi connectivity index (χ3v) is 4.67. The highest BCUT2D eigenvalue weighted by atomic mass is 32.2. The molecule has 1 amide bonds. The normalized spacial score (nSPS) is 17.2. The highest BCUT2D eigenvalue weighted by Crippen LogP contribution is 2.20. The second-order valence-electron chi connectivity index (χ2n) is 4.78. The zero-order valence-electron chi connectivity index (χ0n) is 11.1. The largest absolute Gasteiger partial charge is 0.360 e. The van der Waals surface area contributed by atoms with Gasteiger partial charge in [0.25, 0.3) is 0 Å². The third-order valence-electron chi connectivity index (χ3n) is 2.89. The van der Waals surface area contributed by atoms with E-state index in [1.165, 1.54) is 13.8 Å². The number of nitrogens with zero attached hydrogens (tertiary/aromatic N) is 1. The minimum absolute atomic E-state index is 0.00132. The first-order chi connectivity index (χ1) is 8.81. The van der Waals surface area contributed by atoms with Crippen LogP contribution < -0.4 is 10.0 Å². The number of aromatic nitrogens is 1. The molecule has 0 radical (unpaired) electrons. The van der Waals surface area contributed by atoms with E-state index in [0.29, 0.717) is 0 Å². The van der Waals surface area contributed by atoms with Crippen molar-refractivity contribution >= 4 is 15.9 Å². The number of aryl methyl sites for hydroxylation is 2. The van der Waals surface area contributed by atoms with E-state index in [1.54, 1.807) is 6.92 Å². The maximum Gasteiger partial charge on any atom is 0.246 e. The molecular formula is C11H17N3O4S. The molecule has 7 nitrogen and oxygen atoms in total. The molecule has 1 atom stereocenters. The molecule has 0 bridgehead atoms. The Morgan fingerprint density at radius 2 is 2.05 bits per heavy atom. The van der Waals surface area contributed by atoms with Crippen LogP contribution in [0.25, 0.3) is 0 Å². The standard InChI is InChI=1S/C11H17N3O4S/c1-6-10(8(3)18-13-6)19(16,17)14-7(2)11(15)12-9-4-5-9/h7,9,14H,4-5H2,1-3H3,(H,12,15)/t7-/m0/s1. The second-order valence-corrected chi connectivity index (χ2v) is 6.43. The fraction of sp³-hybridized carbons (Fsp3) is 0.636. The lowest BCUT2D eigenvalue weighted by Crippen LogP contribution is -2.45. The van der Waals surface area contributed by atoms with Crippen LogP contribution in [0, 0.1) is 13.8 Å². The number of sulfonamides is 1. The van der Waals surface area contributed by atoms with Gasteiger partial charge in [-0.15, -0.1) is 0 Å². The van der Waals surface area contributed by atoms with Gasteiger partial charge in [-0.05, 0) is 33.6 Å². The molecule has 19 heavy (non-hydrogen) atoms. The van der Waals surface area contributed by atoms with E-state index in [2.05, 4.69) is 15.2 Å². The predicted octanol–water partition coefficient (Wildman–Crippen LogP) is 0.237. The maximum absolute atomic E-state index is 12.2. The molecule has 1 fully saturated rings. The van der Waals surface area contributed by atoms with Crippen LogP contribution in [0.15, 0.2) is 9.42 Å². The van der Waals surface area contributed by atoms with E-state index in [9.17, 15) is 13.2 Å². The summed E-state index contributed by atoms with van der Waals surface area (Å²) < 4.78 is 31.5. The van der Waals surface area contributed by atoms with Crippen molar-refractivity contribution in [1.29, 1.82) is 0 Å². The molecule has 0 aromatic carbocycles. The van der Waals surface area contributed by atoms with Gasteiger partial charge in [0.15, 0.2) is 5.76 Å². The topological polar surface area (TPSA) is 101 Å². The van der Waals surface area contributed by atoms with Crippen LogP contribution in [-0.4, -0.2) is 31.6 Å². The molecule has 2 rings (SSSR count). The minimum atomic E-state index is -3.81. The Morgan fingerprint density at radius 1 is 1.42 bits per heavy atom. The molecule has 1 saturated carbocycles. The van der Waals surface area contributed by atoms with E-state index in [-0.39, 0.29) is 28.3 Å². The lowest BCUT2D eigenvalue weighted by molar-refractivity contribution is -0.122. The summed E-state index contributed by atoms with van der Waals surface area (Å²) in [7, 11) is -3.81. The second kappa shape index (κ2) is 4.93. The number of hydrogen-bond acceptors (Lipinski definition) is 5. The van der Waals surface area contributed by atoms with Crippen LogP contribution in [0.5, 0.6) is 0 Å². The van der Waals surface area contributed by atoms with Gasteiger partial charge < -0.3 is 9.84 Å². The molecule has 8 heteroatoms. The van der Waals surface area contributed by atoms with Crippen molar-refractivity contribution in [2.45, 2.75) is 50.6 Å². The molecule has 106 valence electrons. The van der Waals surface area contributed by atoms with Crippen molar-refractivity contribution in [3.63, 3.8) is 0 Å². The highest BCUT2D eigenvalue weighted by Gasteiger charge is 2.30. The van der Waals surface area contributed by atoms with Crippen LogP contribution in [0.3, 0.4) is 0 Å².